The summed E-state index contributed by atoms with van der Waals surface area (Å²) in [5.74, 6) is 0.558. The molecule has 4 heteroatoms. The van der Waals surface area contributed by atoms with Gasteiger partial charge in [0, 0.05) is 18.7 Å². The van der Waals surface area contributed by atoms with E-state index in [-0.39, 0.29) is 18.0 Å². The lowest BCUT2D eigenvalue weighted by Gasteiger charge is -2.54. The van der Waals surface area contributed by atoms with Crippen LogP contribution in [0.15, 0.2) is 30.3 Å². The van der Waals surface area contributed by atoms with Gasteiger partial charge in [-0.2, -0.15) is 0 Å². The van der Waals surface area contributed by atoms with Crippen molar-refractivity contribution in [1.82, 2.24) is 4.90 Å². The fourth-order valence-corrected chi connectivity index (χ4v) is 4.37. The van der Waals surface area contributed by atoms with Gasteiger partial charge in [-0.1, -0.05) is 44.9 Å². The summed E-state index contributed by atoms with van der Waals surface area (Å²) in [5.41, 5.74) is 0.223. The molecule has 1 heterocycles. The maximum Gasteiger partial charge on any atom is 0.223 e. The number of aliphatic hydroxyl groups is 1. The Hall–Kier alpha value is -1.55. The predicted octanol–water partition coefficient (Wildman–Crippen LogP) is 3.42. The largest absolute Gasteiger partial charge is 0.386 e. The molecular weight excluding hydrogens is 300 g/mol. The van der Waals surface area contributed by atoms with Crippen molar-refractivity contribution in [3.05, 3.63) is 30.3 Å². The van der Waals surface area contributed by atoms with Gasteiger partial charge in [-0.15, -0.1) is 0 Å². The molecule has 2 fully saturated rings. The molecule has 1 amide bonds. The van der Waals surface area contributed by atoms with E-state index >= 15 is 0 Å². The number of nitrogens with zero attached hydrogens (tertiary/aromatic N) is 1. The highest BCUT2D eigenvalue weighted by atomic mass is 16.3. The van der Waals surface area contributed by atoms with E-state index in [1.165, 1.54) is 0 Å². The number of rotatable bonds is 4. The molecule has 0 bridgehead atoms. The van der Waals surface area contributed by atoms with Gasteiger partial charge < -0.3 is 15.3 Å². The third-order valence-electron chi connectivity index (χ3n) is 5.54. The Bertz CT molecular complexity index is 560. The molecule has 1 aromatic carbocycles. The minimum Gasteiger partial charge on any atom is -0.386 e. The second kappa shape index (κ2) is 7.14. The van der Waals surface area contributed by atoms with Crippen molar-refractivity contribution < 1.29 is 9.90 Å². The quantitative estimate of drug-likeness (QED) is 0.889. The molecule has 0 aromatic heterocycles. The molecule has 2 aliphatic rings. The second-order valence-electron chi connectivity index (χ2n) is 7.79. The van der Waals surface area contributed by atoms with Crippen LogP contribution in [0, 0.1) is 5.92 Å². The van der Waals surface area contributed by atoms with Crippen LogP contribution in [-0.4, -0.2) is 40.1 Å². The monoisotopic (exact) mass is 330 g/mol. The number of hydrogen-bond acceptors (Lipinski definition) is 3. The Morgan fingerprint density at radius 2 is 2.04 bits per heavy atom. The highest BCUT2D eigenvalue weighted by molar-refractivity contribution is 5.77. The fraction of sp³-hybridized carbons (Fsp3) is 0.650. The van der Waals surface area contributed by atoms with E-state index in [0.29, 0.717) is 12.3 Å². The van der Waals surface area contributed by atoms with Crippen LogP contribution >= 0.6 is 0 Å². The van der Waals surface area contributed by atoms with Gasteiger partial charge in [0.2, 0.25) is 5.91 Å². The smallest absolute Gasteiger partial charge is 0.223 e. The van der Waals surface area contributed by atoms with Gasteiger partial charge in [0.15, 0.2) is 0 Å². The Morgan fingerprint density at radius 3 is 2.75 bits per heavy atom. The molecule has 1 saturated carbocycles. The summed E-state index contributed by atoms with van der Waals surface area (Å²) < 4.78 is 0. The van der Waals surface area contributed by atoms with E-state index in [1.54, 1.807) is 0 Å². The standard InChI is InChI=1S/C20H30N2O2/c1-15(2)14-19(23)22-13-11-17(21-16-8-4-3-5-9-16)20(24)12-7-6-10-18(20)22/h3-5,8-9,15,17-18,21,24H,6-7,10-14H2,1-2H3/t17?,18-,20+/m0/s1. The molecule has 0 radical (unpaired) electrons. The number of carbonyl (C=O) groups is 1. The average Bonchev–Trinajstić information content (AvgIpc) is 2.55. The number of likely N-dealkylation sites (tertiary alicyclic amines) is 1. The molecule has 2 N–H and O–H groups in total. The third-order valence-corrected chi connectivity index (χ3v) is 5.54. The van der Waals surface area contributed by atoms with Crippen LogP contribution in [0.3, 0.4) is 0 Å². The Labute approximate surface area is 145 Å². The van der Waals surface area contributed by atoms with Crippen LogP contribution in [0.4, 0.5) is 5.69 Å². The Balaban J connectivity index is 1.79. The van der Waals surface area contributed by atoms with Gasteiger partial charge in [0.05, 0.1) is 12.1 Å². The van der Waals surface area contributed by atoms with Crippen LogP contribution in [-0.2, 0) is 4.79 Å². The maximum absolute atomic E-state index is 12.7. The normalized spacial score (nSPS) is 30.1. The SMILES string of the molecule is CC(C)CC(=O)N1CCC(Nc2ccccc2)[C@]2(O)CCCC[C@H]12. The van der Waals surface area contributed by atoms with Crippen molar-refractivity contribution in [2.45, 2.75) is 70.1 Å². The lowest BCUT2D eigenvalue weighted by molar-refractivity contribution is -0.154. The van der Waals surface area contributed by atoms with E-state index in [1.807, 2.05) is 35.2 Å². The number of anilines is 1. The van der Waals surface area contributed by atoms with Crippen LogP contribution < -0.4 is 5.32 Å². The van der Waals surface area contributed by atoms with E-state index in [0.717, 1.165) is 44.3 Å². The Morgan fingerprint density at radius 1 is 1.29 bits per heavy atom. The zero-order chi connectivity index (χ0) is 17.2. The van der Waals surface area contributed by atoms with E-state index < -0.39 is 5.60 Å². The first-order valence-electron chi connectivity index (χ1n) is 9.34. The molecule has 3 atom stereocenters. The van der Waals surface area contributed by atoms with Gasteiger partial charge in [-0.25, -0.2) is 0 Å². The van der Waals surface area contributed by atoms with Crippen molar-refractivity contribution in [3.8, 4) is 0 Å². The lowest BCUT2D eigenvalue weighted by Crippen LogP contribution is -2.68. The van der Waals surface area contributed by atoms with E-state index in [4.69, 9.17) is 0 Å². The molecule has 1 aliphatic carbocycles. The first kappa shape index (κ1) is 17.3. The van der Waals surface area contributed by atoms with E-state index in [2.05, 4.69) is 19.2 Å². The summed E-state index contributed by atoms with van der Waals surface area (Å²) in [4.78, 5) is 14.6. The summed E-state index contributed by atoms with van der Waals surface area (Å²) in [6.45, 7) is 4.90. The minimum atomic E-state index is -0.820. The topological polar surface area (TPSA) is 52.6 Å². The number of nitrogens with one attached hydrogen (secondary N) is 1. The predicted molar refractivity (Wildman–Crippen MR) is 96.8 cm³/mol. The number of fused-ring (bicyclic) bond motifs is 1. The molecule has 132 valence electrons. The number of hydrogen-bond donors (Lipinski definition) is 2. The minimum absolute atomic E-state index is 0.00769. The van der Waals surface area contributed by atoms with Gasteiger partial charge in [0.25, 0.3) is 0 Å². The second-order valence-corrected chi connectivity index (χ2v) is 7.79. The highest BCUT2D eigenvalue weighted by Crippen LogP contribution is 2.40. The molecule has 1 aliphatic heterocycles. The zero-order valence-electron chi connectivity index (χ0n) is 14.9. The summed E-state index contributed by atoms with van der Waals surface area (Å²) in [6.07, 6.45) is 5.18. The summed E-state index contributed by atoms with van der Waals surface area (Å²) in [6, 6.07) is 10.0. The maximum atomic E-state index is 12.7. The molecular formula is C20H30N2O2. The van der Waals surface area contributed by atoms with Crippen LogP contribution in [0.2, 0.25) is 0 Å². The Kier molecular flexibility index (Phi) is 5.14. The molecule has 1 saturated heterocycles. The first-order valence-corrected chi connectivity index (χ1v) is 9.34. The summed E-state index contributed by atoms with van der Waals surface area (Å²) in [7, 11) is 0. The number of amides is 1. The number of benzene rings is 1. The van der Waals surface area contributed by atoms with Crippen LogP contribution in [0.1, 0.15) is 52.4 Å². The van der Waals surface area contributed by atoms with Crippen LogP contribution in [0.5, 0.6) is 0 Å². The average molecular weight is 330 g/mol. The van der Waals surface area contributed by atoms with E-state index in [9.17, 15) is 9.90 Å². The molecule has 1 aromatic rings. The third kappa shape index (κ3) is 3.44. The molecule has 3 rings (SSSR count). The van der Waals surface area contributed by atoms with Gasteiger partial charge >= 0.3 is 0 Å². The fourth-order valence-electron chi connectivity index (χ4n) is 4.37. The van der Waals surface area contributed by atoms with Crippen molar-refractivity contribution in [3.63, 3.8) is 0 Å². The van der Waals surface area contributed by atoms with Crippen molar-refractivity contribution in [2.75, 3.05) is 11.9 Å². The number of para-hydroxylation sites is 1. The van der Waals surface area contributed by atoms with Gasteiger partial charge in [-0.3, -0.25) is 4.79 Å². The van der Waals surface area contributed by atoms with Gasteiger partial charge in [-0.05, 0) is 37.3 Å². The lowest BCUT2D eigenvalue weighted by atomic mass is 9.71. The number of piperidine rings is 1. The van der Waals surface area contributed by atoms with Crippen molar-refractivity contribution in [2.24, 2.45) is 5.92 Å². The first-order chi connectivity index (χ1) is 11.5. The van der Waals surface area contributed by atoms with Crippen LogP contribution in [0.25, 0.3) is 0 Å². The number of carbonyl (C=O) groups excluding carboxylic acids is 1. The van der Waals surface area contributed by atoms with Gasteiger partial charge in [0.1, 0.15) is 5.60 Å². The highest BCUT2D eigenvalue weighted by Gasteiger charge is 2.51. The molecule has 1 unspecified atom stereocenters. The van der Waals surface area contributed by atoms with Crippen molar-refractivity contribution >= 4 is 11.6 Å². The molecule has 0 spiro atoms. The molecule has 4 nitrogen and oxygen atoms in total. The summed E-state index contributed by atoms with van der Waals surface area (Å²) >= 11 is 0. The molecule has 24 heavy (non-hydrogen) atoms. The zero-order valence-corrected chi connectivity index (χ0v) is 14.9. The van der Waals surface area contributed by atoms with Crippen molar-refractivity contribution in [1.29, 1.82) is 0 Å². The summed E-state index contributed by atoms with van der Waals surface area (Å²) in [5, 5.41) is 15.0.